The molecule has 0 heterocycles. The second-order valence-electron chi connectivity index (χ2n) is 15.6. The number of methoxy groups -OCH3 is 2. The summed E-state index contributed by atoms with van der Waals surface area (Å²) in [6.07, 6.45) is 0. The molecule has 0 amide bonds. The van der Waals surface area contributed by atoms with Gasteiger partial charge in [-0.1, -0.05) is 77.3 Å². The van der Waals surface area contributed by atoms with Gasteiger partial charge < -0.3 is 28.4 Å². The summed E-state index contributed by atoms with van der Waals surface area (Å²) in [6.45, 7) is 19.8. The van der Waals surface area contributed by atoms with Crippen LogP contribution in [-0.2, 0) is 51.6 Å². The van der Waals surface area contributed by atoms with E-state index in [1.165, 1.54) is 0 Å². The highest BCUT2D eigenvalue weighted by Crippen LogP contribution is 2.32. The lowest BCUT2D eigenvalue weighted by atomic mass is 9.96. The summed E-state index contributed by atoms with van der Waals surface area (Å²) >= 11 is 0. The molecule has 10 nitrogen and oxygen atoms in total. The fraction of sp³-hybridized carbons (Fsp3) is 0.348. The molecule has 57 heavy (non-hydrogen) atoms. The maximum absolute atomic E-state index is 13.7. The Balaban J connectivity index is 1.42. The first-order valence-corrected chi connectivity index (χ1v) is 19.9. The van der Waals surface area contributed by atoms with Gasteiger partial charge in [0.15, 0.2) is 0 Å². The lowest BCUT2D eigenvalue weighted by molar-refractivity contribution is -0.144. The van der Waals surface area contributed by atoms with Crippen molar-refractivity contribution in [2.45, 2.75) is 64.5 Å². The van der Waals surface area contributed by atoms with Gasteiger partial charge in [-0.2, -0.15) is 0 Å². The lowest BCUT2D eigenvalue weighted by Gasteiger charge is -2.24. The van der Waals surface area contributed by atoms with E-state index in [2.05, 4.69) is 13.2 Å². The van der Waals surface area contributed by atoms with Crippen LogP contribution in [0.3, 0.4) is 0 Å². The van der Waals surface area contributed by atoms with Crippen LogP contribution in [-0.4, -0.2) is 61.0 Å². The van der Waals surface area contributed by atoms with E-state index >= 15 is 0 Å². The van der Waals surface area contributed by atoms with Gasteiger partial charge >= 0.3 is 11.9 Å². The zero-order valence-electron chi connectivity index (χ0n) is 34.2. The highest BCUT2D eigenvalue weighted by molar-refractivity contribution is 7.91. The molecule has 0 radical (unpaired) electrons. The van der Waals surface area contributed by atoms with Crippen LogP contribution in [0.5, 0.6) is 11.5 Å². The number of carbonyl (C=O) groups excluding carboxylic acids is 2. The molecule has 4 aromatic carbocycles. The number of benzene rings is 4. The van der Waals surface area contributed by atoms with Crippen molar-refractivity contribution >= 4 is 21.8 Å². The number of sulfone groups is 1. The molecule has 0 fully saturated rings. The molecule has 0 saturated carbocycles. The Kier molecular flexibility index (Phi) is 15.0. The largest absolute Gasteiger partial charge is 0.496 e. The van der Waals surface area contributed by atoms with Crippen LogP contribution >= 0.6 is 0 Å². The van der Waals surface area contributed by atoms with Crippen molar-refractivity contribution in [3.63, 3.8) is 0 Å². The Bertz CT molecular complexity index is 2020. The third kappa shape index (κ3) is 12.4. The molecular formula is C46H54O10S. The summed E-state index contributed by atoms with van der Waals surface area (Å²) in [7, 11) is -0.625. The molecule has 304 valence electrons. The third-order valence-electron chi connectivity index (χ3n) is 8.94. The van der Waals surface area contributed by atoms with Gasteiger partial charge in [0.2, 0.25) is 9.84 Å². The molecule has 0 aliphatic heterocycles. The first kappa shape index (κ1) is 44.5. The number of hydrogen-bond donors (Lipinski definition) is 0. The summed E-state index contributed by atoms with van der Waals surface area (Å²) in [5.74, 6) is 0.450. The van der Waals surface area contributed by atoms with Crippen molar-refractivity contribution in [2.24, 2.45) is 10.8 Å². The van der Waals surface area contributed by atoms with Gasteiger partial charge in [0, 0.05) is 33.1 Å². The summed E-state index contributed by atoms with van der Waals surface area (Å²) in [5, 5.41) is 0. The predicted molar refractivity (Wildman–Crippen MR) is 221 cm³/mol. The minimum absolute atomic E-state index is 0.173. The molecule has 0 saturated heterocycles. The second kappa shape index (κ2) is 19.3. The van der Waals surface area contributed by atoms with Crippen LogP contribution in [0.25, 0.3) is 22.3 Å². The topological polar surface area (TPSA) is 124 Å². The van der Waals surface area contributed by atoms with E-state index in [-0.39, 0.29) is 36.2 Å². The maximum atomic E-state index is 13.7. The smallest absolute Gasteiger partial charge is 0.333 e. The normalized spacial score (nSPS) is 11.8. The van der Waals surface area contributed by atoms with E-state index in [9.17, 15) is 18.0 Å². The fourth-order valence-corrected chi connectivity index (χ4v) is 6.92. The van der Waals surface area contributed by atoms with Gasteiger partial charge in [-0.3, -0.25) is 0 Å². The van der Waals surface area contributed by atoms with E-state index in [0.717, 1.165) is 33.4 Å². The van der Waals surface area contributed by atoms with Crippen LogP contribution in [0, 0.1) is 10.8 Å². The summed E-state index contributed by atoms with van der Waals surface area (Å²) in [5.41, 5.74) is 4.88. The van der Waals surface area contributed by atoms with E-state index in [1.54, 1.807) is 76.6 Å². The molecule has 4 aromatic rings. The molecule has 0 atom stereocenters. The Morgan fingerprint density at radius 3 is 1.19 bits per heavy atom. The average Bonchev–Trinajstić information content (AvgIpc) is 3.18. The SMILES string of the molecule is C=C(C)C(=O)OCC(C)(C)COCc1cc(-c2ccc(S(=O)(=O)c3ccc(-c4ccc(OC)c(COCC(C)(C)COC(=O)C(=C)C)c4)cc3)cc2)ccc1OC. The van der Waals surface area contributed by atoms with Crippen molar-refractivity contribution in [3.05, 3.63) is 120 Å². The monoisotopic (exact) mass is 798 g/mol. The Hall–Kier alpha value is -5.23. The van der Waals surface area contributed by atoms with Crippen molar-refractivity contribution in [1.82, 2.24) is 0 Å². The molecule has 0 bridgehead atoms. The standard InChI is InChI=1S/C46H54O10S/c1-31(2)43(47)55-29-45(5,6)27-53-25-37-23-35(15-21-41(37)51-9)33-11-17-39(18-12-33)57(49,50)40-19-13-34(14-20-40)36-16-22-42(52-10)38(24-36)26-54-28-46(7,8)30-56-44(48)32(3)4/h11-24H,1,3,25-30H2,2,4-10H3. The molecule has 0 aromatic heterocycles. The van der Waals surface area contributed by atoms with Crippen molar-refractivity contribution in [3.8, 4) is 33.8 Å². The Morgan fingerprint density at radius 2 is 0.877 bits per heavy atom. The van der Waals surface area contributed by atoms with E-state index in [0.29, 0.717) is 35.9 Å². The molecule has 0 N–H and O–H groups in total. The van der Waals surface area contributed by atoms with Crippen LogP contribution in [0.1, 0.15) is 52.7 Å². The molecule has 0 spiro atoms. The van der Waals surface area contributed by atoms with Crippen LogP contribution in [0.2, 0.25) is 0 Å². The summed E-state index contributed by atoms with van der Waals surface area (Å²) in [6, 6.07) is 25.0. The lowest BCUT2D eigenvalue weighted by Crippen LogP contribution is -2.27. The fourth-order valence-electron chi connectivity index (χ4n) is 5.66. The molecule has 11 heteroatoms. The minimum atomic E-state index is -3.81. The van der Waals surface area contributed by atoms with E-state index in [1.807, 2.05) is 64.1 Å². The Morgan fingerprint density at radius 1 is 0.544 bits per heavy atom. The van der Waals surface area contributed by atoms with E-state index < -0.39 is 32.6 Å². The van der Waals surface area contributed by atoms with Gasteiger partial charge in [0.25, 0.3) is 0 Å². The third-order valence-corrected chi connectivity index (χ3v) is 10.7. The predicted octanol–water partition coefficient (Wildman–Crippen LogP) is 9.19. The molecule has 0 unspecified atom stereocenters. The molecular weight excluding hydrogens is 745 g/mol. The van der Waals surface area contributed by atoms with Crippen LogP contribution in [0.4, 0.5) is 0 Å². The van der Waals surface area contributed by atoms with Gasteiger partial charge in [-0.05, 0) is 84.6 Å². The van der Waals surface area contributed by atoms with Crippen molar-refractivity contribution in [1.29, 1.82) is 0 Å². The first-order valence-electron chi connectivity index (χ1n) is 18.5. The number of ether oxygens (including phenoxy) is 6. The van der Waals surface area contributed by atoms with Gasteiger partial charge in [0.05, 0.1) is 63.7 Å². The summed E-state index contributed by atoms with van der Waals surface area (Å²) in [4.78, 5) is 24.0. The summed E-state index contributed by atoms with van der Waals surface area (Å²) < 4.78 is 61.2. The second-order valence-corrected chi connectivity index (χ2v) is 17.6. The zero-order chi connectivity index (χ0) is 42.0. The molecule has 0 aliphatic rings. The van der Waals surface area contributed by atoms with Crippen LogP contribution in [0.15, 0.2) is 119 Å². The maximum Gasteiger partial charge on any atom is 0.333 e. The zero-order valence-corrected chi connectivity index (χ0v) is 35.0. The highest BCUT2D eigenvalue weighted by atomic mass is 32.2. The number of carbonyl (C=O) groups is 2. The van der Waals surface area contributed by atoms with Gasteiger partial charge in [0.1, 0.15) is 11.5 Å². The van der Waals surface area contributed by atoms with Crippen LogP contribution < -0.4 is 9.47 Å². The van der Waals surface area contributed by atoms with Crippen molar-refractivity contribution in [2.75, 3.05) is 40.6 Å². The number of esters is 2. The van der Waals surface area contributed by atoms with Gasteiger partial charge in [-0.15, -0.1) is 0 Å². The van der Waals surface area contributed by atoms with Crippen molar-refractivity contribution < 1.29 is 46.4 Å². The number of hydrogen-bond acceptors (Lipinski definition) is 10. The quantitative estimate of drug-likeness (QED) is 0.0632. The first-order chi connectivity index (χ1) is 26.9. The van der Waals surface area contributed by atoms with E-state index in [4.69, 9.17) is 28.4 Å². The molecule has 4 rings (SSSR count). The number of rotatable bonds is 20. The highest BCUT2D eigenvalue weighted by Gasteiger charge is 2.24. The molecule has 0 aliphatic carbocycles. The van der Waals surface area contributed by atoms with Gasteiger partial charge in [-0.25, -0.2) is 18.0 Å². The average molecular weight is 799 g/mol. The Labute approximate surface area is 337 Å². The minimum Gasteiger partial charge on any atom is -0.496 e.